The number of benzene rings is 6. The lowest BCUT2D eigenvalue weighted by Crippen LogP contribution is -2.14. The summed E-state index contributed by atoms with van der Waals surface area (Å²) in [5.41, 5.74) is 6.66. The molecule has 2 atom stereocenters. The monoisotopic (exact) mass is 530 g/mol. The Hall–Kier alpha value is -5.28. The van der Waals surface area contributed by atoms with E-state index in [0.29, 0.717) is 0 Å². The van der Waals surface area contributed by atoms with Gasteiger partial charge in [-0.2, -0.15) is 0 Å². The molecule has 2 heterocycles. The molecule has 8 rings (SSSR count). The SMILES string of the molecule is c1ccc(C2c3ccccc3Oc3cccc(Oc4cccc5c4C(c4ccccc4)c4ccccc4O5)c32)cc1. The maximum atomic E-state index is 6.95. The van der Waals surface area contributed by atoms with Gasteiger partial charge in [0.25, 0.3) is 0 Å². The van der Waals surface area contributed by atoms with Crippen molar-refractivity contribution in [3.63, 3.8) is 0 Å². The smallest absolute Gasteiger partial charge is 0.135 e. The molecule has 0 fully saturated rings. The molecule has 6 aromatic rings. The molecule has 2 aliphatic heterocycles. The lowest BCUT2D eigenvalue weighted by molar-refractivity contribution is 0.415. The van der Waals surface area contributed by atoms with Crippen LogP contribution in [0.25, 0.3) is 0 Å². The van der Waals surface area contributed by atoms with Crippen LogP contribution in [0.2, 0.25) is 0 Å². The maximum Gasteiger partial charge on any atom is 0.135 e. The Kier molecular flexibility index (Phi) is 5.60. The van der Waals surface area contributed by atoms with Crippen molar-refractivity contribution in [1.82, 2.24) is 0 Å². The number of rotatable bonds is 4. The van der Waals surface area contributed by atoms with E-state index in [2.05, 4.69) is 84.9 Å². The summed E-state index contributed by atoms with van der Waals surface area (Å²) < 4.78 is 19.9. The third-order valence-corrected chi connectivity index (χ3v) is 8.02. The van der Waals surface area contributed by atoms with Gasteiger partial charge >= 0.3 is 0 Å². The summed E-state index contributed by atoms with van der Waals surface area (Å²) in [4.78, 5) is 0. The van der Waals surface area contributed by atoms with Crippen molar-refractivity contribution < 1.29 is 14.2 Å². The minimum atomic E-state index is -0.0335. The highest BCUT2D eigenvalue weighted by Gasteiger charge is 2.34. The highest BCUT2D eigenvalue weighted by molar-refractivity contribution is 5.66. The highest BCUT2D eigenvalue weighted by atomic mass is 16.5. The van der Waals surface area contributed by atoms with Gasteiger partial charge in [-0.15, -0.1) is 0 Å². The zero-order chi connectivity index (χ0) is 27.2. The Labute approximate surface area is 239 Å². The molecule has 0 N–H and O–H groups in total. The van der Waals surface area contributed by atoms with E-state index in [-0.39, 0.29) is 11.8 Å². The molecule has 0 saturated heterocycles. The molecule has 2 aliphatic rings. The van der Waals surface area contributed by atoms with Gasteiger partial charge in [-0.25, -0.2) is 0 Å². The van der Waals surface area contributed by atoms with Crippen molar-refractivity contribution in [3.8, 4) is 34.5 Å². The second kappa shape index (κ2) is 9.72. The van der Waals surface area contributed by atoms with Crippen LogP contribution in [0, 0.1) is 0 Å². The summed E-state index contributed by atoms with van der Waals surface area (Å²) in [6, 6.07) is 49.8. The summed E-state index contributed by atoms with van der Waals surface area (Å²) in [5, 5.41) is 0. The van der Waals surface area contributed by atoms with Gasteiger partial charge in [-0.1, -0.05) is 109 Å². The normalized spacial score (nSPS) is 16.2. The predicted octanol–water partition coefficient (Wildman–Crippen LogP) is 10.1. The Balaban J connectivity index is 1.30. The summed E-state index contributed by atoms with van der Waals surface area (Å²) in [7, 11) is 0. The van der Waals surface area contributed by atoms with E-state index in [0.717, 1.165) is 56.8 Å². The molecule has 3 nitrogen and oxygen atoms in total. The van der Waals surface area contributed by atoms with Crippen molar-refractivity contribution in [3.05, 3.63) is 179 Å². The van der Waals surface area contributed by atoms with Gasteiger partial charge in [0.2, 0.25) is 0 Å². The van der Waals surface area contributed by atoms with E-state index < -0.39 is 0 Å². The molecule has 0 amide bonds. The highest BCUT2D eigenvalue weighted by Crippen LogP contribution is 2.54. The average Bonchev–Trinajstić information content (AvgIpc) is 3.03. The molecule has 41 heavy (non-hydrogen) atoms. The van der Waals surface area contributed by atoms with Crippen LogP contribution in [-0.2, 0) is 0 Å². The first-order valence-corrected chi connectivity index (χ1v) is 13.9. The Morgan fingerprint density at radius 2 is 0.756 bits per heavy atom. The van der Waals surface area contributed by atoms with Gasteiger partial charge < -0.3 is 14.2 Å². The first kappa shape index (κ1) is 23.6. The number of ether oxygens (including phenoxy) is 3. The summed E-state index contributed by atoms with van der Waals surface area (Å²) in [5.74, 6) is 4.83. The molecule has 0 aromatic heterocycles. The topological polar surface area (TPSA) is 27.7 Å². The fourth-order valence-electron chi connectivity index (χ4n) is 6.25. The lowest BCUT2D eigenvalue weighted by Gasteiger charge is -2.32. The van der Waals surface area contributed by atoms with E-state index in [9.17, 15) is 0 Å². The minimum absolute atomic E-state index is 0.0335. The second-order valence-electron chi connectivity index (χ2n) is 10.4. The first-order chi connectivity index (χ1) is 20.3. The molecule has 0 saturated carbocycles. The van der Waals surface area contributed by atoms with Crippen LogP contribution < -0.4 is 14.2 Å². The Morgan fingerprint density at radius 1 is 0.366 bits per heavy atom. The van der Waals surface area contributed by atoms with Gasteiger partial charge in [0.15, 0.2) is 0 Å². The van der Waals surface area contributed by atoms with Crippen molar-refractivity contribution in [2.75, 3.05) is 0 Å². The maximum absolute atomic E-state index is 6.95. The van der Waals surface area contributed by atoms with Crippen LogP contribution >= 0.6 is 0 Å². The quantitative estimate of drug-likeness (QED) is 0.227. The van der Waals surface area contributed by atoms with Crippen LogP contribution in [0.4, 0.5) is 0 Å². The number of hydrogen-bond acceptors (Lipinski definition) is 3. The molecule has 3 heteroatoms. The largest absolute Gasteiger partial charge is 0.457 e. The number of para-hydroxylation sites is 2. The van der Waals surface area contributed by atoms with E-state index in [1.165, 1.54) is 11.1 Å². The van der Waals surface area contributed by atoms with E-state index in [1.807, 2.05) is 60.7 Å². The lowest BCUT2D eigenvalue weighted by atomic mass is 9.81. The first-order valence-electron chi connectivity index (χ1n) is 13.9. The van der Waals surface area contributed by atoms with E-state index in [4.69, 9.17) is 14.2 Å². The summed E-state index contributed by atoms with van der Waals surface area (Å²) >= 11 is 0. The molecule has 2 unspecified atom stereocenters. The van der Waals surface area contributed by atoms with Gasteiger partial charge in [0.1, 0.15) is 34.5 Å². The third-order valence-electron chi connectivity index (χ3n) is 8.02. The molecule has 6 aromatic carbocycles. The van der Waals surface area contributed by atoms with Crippen molar-refractivity contribution >= 4 is 0 Å². The Morgan fingerprint density at radius 3 is 1.22 bits per heavy atom. The van der Waals surface area contributed by atoms with Crippen LogP contribution in [0.3, 0.4) is 0 Å². The zero-order valence-corrected chi connectivity index (χ0v) is 22.2. The van der Waals surface area contributed by atoms with Crippen molar-refractivity contribution in [2.24, 2.45) is 0 Å². The standard InChI is InChI=1S/C38H26O3/c1-3-13-25(14-4-1)35-27-17-7-9-19-29(27)39-31-21-11-23-33(37(31)35)41-34-24-12-22-32-38(34)36(26-15-5-2-6-16-26)28-18-8-10-20-30(28)40-32/h1-24,35-36H. The molecular weight excluding hydrogens is 504 g/mol. The zero-order valence-electron chi connectivity index (χ0n) is 22.2. The van der Waals surface area contributed by atoms with Crippen molar-refractivity contribution in [1.29, 1.82) is 0 Å². The van der Waals surface area contributed by atoms with E-state index in [1.54, 1.807) is 0 Å². The Bertz CT molecular complexity index is 1740. The number of hydrogen-bond donors (Lipinski definition) is 0. The van der Waals surface area contributed by atoms with Crippen LogP contribution in [0.1, 0.15) is 45.2 Å². The molecular formula is C38H26O3. The predicted molar refractivity (Wildman–Crippen MR) is 161 cm³/mol. The number of fused-ring (bicyclic) bond motifs is 4. The molecule has 196 valence electrons. The fourth-order valence-corrected chi connectivity index (χ4v) is 6.25. The average molecular weight is 531 g/mol. The van der Waals surface area contributed by atoms with Gasteiger partial charge in [-0.05, 0) is 47.5 Å². The van der Waals surface area contributed by atoms with Gasteiger partial charge in [0.05, 0.1) is 0 Å². The van der Waals surface area contributed by atoms with Crippen LogP contribution in [0.5, 0.6) is 34.5 Å². The summed E-state index contributed by atoms with van der Waals surface area (Å²) in [6.07, 6.45) is 0. The molecule has 0 spiro atoms. The minimum Gasteiger partial charge on any atom is -0.457 e. The van der Waals surface area contributed by atoms with Gasteiger partial charge in [0, 0.05) is 34.1 Å². The van der Waals surface area contributed by atoms with Gasteiger partial charge in [-0.3, -0.25) is 0 Å². The second-order valence-corrected chi connectivity index (χ2v) is 10.4. The fraction of sp³-hybridized carbons (Fsp3) is 0.0526. The van der Waals surface area contributed by atoms with Crippen LogP contribution in [-0.4, -0.2) is 0 Å². The molecule has 0 radical (unpaired) electrons. The third kappa shape index (κ3) is 3.97. The summed E-state index contributed by atoms with van der Waals surface area (Å²) in [6.45, 7) is 0. The molecule has 0 bridgehead atoms. The molecule has 0 aliphatic carbocycles. The van der Waals surface area contributed by atoms with E-state index >= 15 is 0 Å². The van der Waals surface area contributed by atoms with Crippen LogP contribution in [0.15, 0.2) is 146 Å². The van der Waals surface area contributed by atoms with Crippen molar-refractivity contribution in [2.45, 2.75) is 11.8 Å².